The van der Waals surface area contributed by atoms with Crippen LogP contribution in [0.3, 0.4) is 0 Å². The van der Waals surface area contributed by atoms with Gasteiger partial charge in [0.25, 0.3) is 0 Å². The Morgan fingerprint density at radius 2 is 1.74 bits per heavy atom. The number of phenolic OH excluding ortho intramolecular Hbond substituents is 1. The number of likely N-dealkylation sites (tertiary alicyclic amines) is 1. The largest absolute Gasteiger partial charge is 0.508 e. The number of aromatic hydroxyl groups is 1. The van der Waals surface area contributed by atoms with Gasteiger partial charge in [0.15, 0.2) is 0 Å². The van der Waals surface area contributed by atoms with Gasteiger partial charge in [-0.1, -0.05) is 12.1 Å². The van der Waals surface area contributed by atoms with Crippen molar-refractivity contribution >= 4 is 29.6 Å². The zero-order valence-electron chi connectivity index (χ0n) is 19.1. The van der Waals surface area contributed by atoms with Gasteiger partial charge in [0.05, 0.1) is 12.6 Å². The normalized spacial score (nSPS) is 17.8. The number of hydrogen-bond acceptors (Lipinski definition) is 8. The van der Waals surface area contributed by atoms with E-state index in [9.17, 15) is 39.3 Å². The lowest BCUT2D eigenvalue weighted by Crippen LogP contribution is -2.57. The Morgan fingerprint density at radius 3 is 2.31 bits per heavy atom. The first kappa shape index (κ1) is 27.5. The summed E-state index contributed by atoms with van der Waals surface area (Å²) in [5.41, 5.74) is 11.4. The fourth-order valence-corrected chi connectivity index (χ4v) is 3.74. The van der Waals surface area contributed by atoms with Crippen molar-refractivity contribution in [2.45, 2.75) is 56.3 Å². The fourth-order valence-electron chi connectivity index (χ4n) is 3.74. The summed E-state index contributed by atoms with van der Waals surface area (Å²) >= 11 is 0. The highest BCUT2D eigenvalue weighted by Gasteiger charge is 2.37. The summed E-state index contributed by atoms with van der Waals surface area (Å²) in [6.07, 6.45) is 0.660. The summed E-state index contributed by atoms with van der Waals surface area (Å²) in [6, 6.07) is 0.990. The van der Waals surface area contributed by atoms with E-state index in [2.05, 4.69) is 10.6 Å². The molecule has 1 heterocycles. The maximum absolute atomic E-state index is 12.8. The van der Waals surface area contributed by atoms with E-state index in [4.69, 9.17) is 11.5 Å². The molecule has 0 aliphatic carbocycles. The van der Waals surface area contributed by atoms with Gasteiger partial charge < -0.3 is 42.3 Å². The predicted octanol–water partition coefficient (Wildman–Crippen LogP) is -2.43. The first-order valence-electron chi connectivity index (χ1n) is 11.1. The zero-order valence-corrected chi connectivity index (χ0v) is 19.1. The SMILES string of the molecule is NC(=O)CCC(N)C(=O)N1CCCC1C(=O)NC(CO)C(=O)NC(Cc1ccc(O)cc1)C(=O)O. The third kappa shape index (κ3) is 7.93. The molecule has 4 atom stereocenters. The predicted molar refractivity (Wildman–Crippen MR) is 122 cm³/mol. The van der Waals surface area contributed by atoms with Crippen molar-refractivity contribution in [3.05, 3.63) is 29.8 Å². The van der Waals surface area contributed by atoms with Crippen LogP contribution in [0.1, 0.15) is 31.2 Å². The number of amides is 4. The van der Waals surface area contributed by atoms with Gasteiger partial charge in [0.1, 0.15) is 23.9 Å². The van der Waals surface area contributed by atoms with Crippen LogP contribution in [0.2, 0.25) is 0 Å². The number of nitrogens with two attached hydrogens (primary N) is 2. The molecular formula is C22H31N5O8. The van der Waals surface area contributed by atoms with Crippen molar-refractivity contribution in [1.29, 1.82) is 0 Å². The molecule has 1 aromatic carbocycles. The molecule has 35 heavy (non-hydrogen) atoms. The van der Waals surface area contributed by atoms with Crippen molar-refractivity contribution in [2.75, 3.05) is 13.2 Å². The molecule has 13 heteroatoms. The second-order valence-electron chi connectivity index (χ2n) is 8.31. The van der Waals surface area contributed by atoms with E-state index in [-0.39, 0.29) is 31.6 Å². The number of benzene rings is 1. The van der Waals surface area contributed by atoms with Crippen LogP contribution >= 0.6 is 0 Å². The maximum Gasteiger partial charge on any atom is 0.326 e. The number of aliphatic hydroxyl groups excluding tert-OH is 1. The van der Waals surface area contributed by atoms with E-state index < -0.39 is 60.4 Å². The number of rotatable bonds is 12. The number of nitrogens with one attached hydrogen (secondary N) is 2. The Morgan fingerprint density at radius 1 is 1.09 bits per heavy atom. The minimum atomic E-state index is -1.45. The highest BCUT2D eigenvalue weighted by Crippen LogP contribution is 2.19. The van der Waals surface area contributed by atoms with Gasteiger partial charge in [-0.25, -0.2) is 4.79 Å². The van der Waals surface area contributed by atoms with E-state index in [0.717, 1.165) is 0 Å². The number of nitrogens with zero attached hydrogens (tertiary/aromatic N) is 1. The van der Waals surface area contributed by atoms with Crippen molar-refractivity contribution in [1.82, 2.24) is 15.5 Å². The number of aliphatic hydroxyl groups is 1. The van der Waals surface area contributed by atoms with Gasteiger partial charge in [0.2, 0.25) is 23.6 Å². The van der Waals surface area contributed by atoms with Crippen LogP contribution in [-0.2, 0) is 30.4 Å². The Bertz CT molecular complexity index is 938. The first-order chi connectivity index (χ1) is 16.5. The zero-order chi connectivity index (χ0) is 26.1. The van der Waals surface area contributed by atoms with E-state index >= 15 is 0 Å². The number of carbonyl (C=O) groups is 5. The van der Waals surface area contributed by atoms with Gasteiger partial charge in [-0.15, -0.1) is 0 Å². The molecule has 1 saturated heterocycles. The third-order valence-electron chi connectivity index (χ3n) is 5.66. The molecule has 9 N–H and O–H groups in total. The van der Waals surface area contributed by atoms with Crippen LogP contribution < -0.4 is 22.1 Å². The Kier molecular flexibility index (Phi) is 9.97. The molecule has 2 rings (SSSR count). The molecule has 0 bridgehead atoms. The van der Waals surface area contributed by atoms with Gasteiger partial charge >= 0.3 is 5.97 Å². The molecule has 4 unspecified atom stereocenters. The molecule has 1 fully saturated rings. The Balaban J connectivity index is 2.00. The smallest absolute Gasteiger partial charge is 0.326 e. The Labute approximate surface area is 201 Å². The van der Waals surface area contributed by atoms with Crippen LogP contribution in [0.15, 0.2) is 24.3 Å². The van der Waals surface area contributed by atoms with Crippen LogP contribution in [-0.4, -0.2) is 87.1 Å². The van der Waals surface area contributed by atoms with Gasteiger partial charge in [-0.2, -0.15) is 0 Å². The second-order valence-corrected chi connectivity index (χ2v) is 8.31. The monoisotopic (exact) mass is 493 g/mol. The van der Waals surface area contributed by atoms with Gasteiger partial charge in [0, 0.05) is 19.4 Å². The lowest BCUT2D eigenvalue weighted by atomic mass is 10.1. The first-order valence-corrected chi connectivity index (χ1v) is 11.1. The second kappa shape index (κ2) is 12.7. The minimum Gasteiger partial charge on any atom is -0.508 e. The number of phenols is 1. The summed E-state index contributed by atoms with van der Waals surface area (Å²) in [5.74, 6) is -4.08. The van der Waals surface area contributed by atoms with Crippen molar-refractivity contribution < 1.29 is 39.3 Å². The summed E-state index contributed by atoms with van der Waals surface area (Å²) in [6.45, 7) is -0.549. The van der Waals surface area contributed by atoms with Crippen molar-refractivity contribution in [3.63, 3.8) is 0 Å². The topological polar surface area (TPSA) is 225 Å². The average Bonchev–Trinajstić information content (AvgIpc) is 3.31. The number of primary amides is 1. The standard InChI is InChI=1S/C22H31N5O8/c23-14(7-8-18(24)30)21(33)27-9-1-2-17(27)20(32)26-16(11-28)19(31)25-15(22(34)35)10-12-3-5-13(29)6-4-12/h3-6,14-17,28-29H,1-2,7-11,23H2,(H2,24,30)(H,25,31)(H,26,32)(H,34,35). The van der Waals surface area contributed by atoms with E-state index in [1.54, 1.807) is 0 Å². The van der Waals surface area contributed by atoms with Crippen molar-refractivity contribution in [3.8, 4) is 5.75 Å². The van der Waals surface area contributed by atoms with E-state index in [1.807, 2.05) is 0 Å². The highest BCUT2D eigenvalue weighted by molar-refractivity contribution is 5.94. The van der Waals surface area contributed by atoms with Crippen LogP contribution in [0.4, 0.5) is 0 Å². The molecule has 0 radical (unpaired) electrons. The van der Waals surface area contributed by atoms with Gasteiger partial charge in [-0.3, -0.25) is 19.2 Å². The number of aliphatic carboxylic acids is 1. The highest BCUT2D eigenvalue weighted by atomic mass is 16.4. The molecule has 1 aliphatic rings. The molecule has 0 spiro atoms. The van der Waals surface area contributed by atoms with Crippen molar-refractivity contribution in [2.24, 2.45) is 11.5 Å². The molecule has 0 aromatic heterocycles. The average molecular weight is 494 g/mol. The fraction of sp³-hybridized carbons (Fsp3) is 0.500. The molecule has 0 saturated carbocycles. The molecule has 4 amide bonds. The molecular weight excluding hydrogens is 462 g/mol. The molecule has 1 aliphatic heterocycles. The van der Waals surface area contributed by atoms with E-state index in [0.29, 0.717) is 18.4 Å². The summed E-state index contributed by atoms with van der Waals surface area (Å²) < 4.78 is 0. The summed E-state index contributed by atoms with van der Waals surface area (Å²) in [5, 5.41) is 33.1. The number of carboxylic acid groups (broad SMARTS) is 1. The summed E-state index contributed by atoms with van der Waals surface area (Å²) in [7, 11) is 0. The number of carbonyl (C=O) groups excluding carboxylic acids is 4. The minimum absolute atomic E-state index is 0.000908. The lowest BCUT2D eigenvalue weighted by molar-refractivity contribution is -0.143. The lowest BCUT2D eigenvalue weighted by Gasteiger charge is -2.28. The van der Waals surface area contributed by atoms with Crippen LogP contribution in [0.25, 0.3) is 0 Å². The summed E-state index contributed by atoms with van der Waals surface area (Å²) in [4.78, 5) is 61.9. The Hall–Kier alpha value is -3.71. The molecule has 13 nitrogen and oxygen atoms in total. The van der Waals surface area contributed by atoms with E-state index in [1.165, 1.54) is 29.2 Å². The number of carboxylic acids is 1. The maximum atomic E-state index is 12.8. The van der Waals surface area contributed by atoms with Gasteiger partial charge in [-0.05, 0) is 37.0 Å². The van der Waals surface area contributed by atoms with Crippen LogP contribution in [0, 0.1) is 0 Å². The quantitative estimate of drug-likeness (QED) is 0.164. The molecule has 1 aromatic rings. The third-order valence-corrected chi connectivity index (χ3v) is 5.66. The van der Waals surface area contributed by atoms with Crippen LogP contribution in [0.5, 0.6) is 5.75 Å². The molecule has 192 valence electrons. The number of hydrogen-bond donors (Lipinski definition) is 7.